The van der Waals surface area contributed by atoms with E-state index in [1.54, 1.807) is 9.13 Å². The molecule has 10 heterocycles. The summed E-state index contributed by atoms with van der Waals surface area (Å²) in [5, 5.41) is 34.3. The quantitative estimate of drug-likeness (QED) is 0.142. The van der Waals surface area contributed by atoms with Crippen LogP contribution in [0.3, 0.4) is 0 Å². The highest BCUT2D eigenvalue weighted by Gasteiger charge is 2.39. The number of aromatic nitrogens is 8. The molecular weight excluding hydrogens is 1730 g/mol. The van der Waals surface area contributed by atoms with Gasteiger partial charge in [-0.25, -0.2) is 9.69 Å². The van der Waals surface area contributed by atoms with E-state index in [1.165, 1.54) is 0 Å². The Kier molecular flexibility index (Phi) is 12.6. The molecule has 0 atom stereocenters. The lowest BCUT2D eigenvalue weighted by Gasteiger charge is -2.27. The fraction of sp³-hybridized carbons (Fsp3) is 0.00800. The van der Waals surface area contributed by atoms with Crippen molar-refractivity contribution >= 4 is 249 Å². The van der Waals surface area contributed by atoms with E-state index in [9.17, 15) is 44.2 Å². The second-order valence-electron chi connectivity index (χ2n) is 34.2. The lowest BCUT2D eigenvalue weighted by Crippen LogP contribution is -2.14. The standard InChI is InChI=1S/C63H36N6S.C62H34N6S/c1-37-31-34-55-47(35-37)45-32-33-46-44-23-9-16-30-56(44)70-63(46)60(45)69(55)62-59(67-51-26-12-5-19-40(51)41-20-6-13-27-52(41)67)48(36-64)58(66-49-24-10-3-17-38(49)39-18-4-11-25-50(39)66)57(65-2)61(62)68-53-28-14-7-21-42(53)43-22-8-15-29-54(43)68;1-64-56-57(65-48-26-10-2-18-37(48)38-19-3-11-27-49(38)65)47(36-63)58(66-50-28-12-4-20-39(50)40-21-5-13-29-51(40)66)61(60(56)67-52-30-14-6-22-41(52)42-23-7-15-31-53(42)67)68-54-32-16-8-24-43(54)45-34-35-46-44-25-9-17-33-55(44)69-62(46)59(45)68/h3-35H,1H3;2-35H/i1D3,9D,16D,23D,30D,31D,32D,33D,34D,35D;8D,9D,16D,17D,24D,25D,32D,33D,34D,35D. The van der Waals surface area contributed by atoms with E-state index < -0.39 is 121 Å². The van der Waals surface area contributed by atoms with Crippen LogP contribution in [0.1, 0.15) is 46.8 Å². The van der Waals surface area contributed by atoms with Crippen LogP contribution in [0.4, 0.5) is 11.4 Å². The van der Waals surface area contributed by atoms with Crippen molar-refractivity contribution in [2.24, 2.45) is 0 Å². The van der Waals surface area contributed by atoms with Crippen LogP contribution in [0.25, 0.3) is 270 Å². The minimum atomic E-state index is -3.13. The summed E-state index contributed by atoms with van der Waals surface area (Å²) >= 11 is 1.88. The number of nitrogens with zero attached hydrogens (tertiary/aromatic N) is 12. The summed E-state index contributed by atoms with van der Waals surface area (Å²) in [6, 6.07) is 88.1. The molecule has 12 nitrogen and oxygen atoms in total. The minimum Gasteiger partial charge on any atom is -0.318 e. The largest absolute Gasteiger partial charge is 0.318 e. The van der Waals surface area contributed by atoms with E-state index in [4.69, 9.17) is 9.60 Å². The van der Waals surface area contributed by atoms with Gasteiger partial charge < -0.3 is 36.5 Å². The van der Waals surface area contributed by atoms with Gasteiger partial charge in [-0.2, -0.15) is 10.5 Å². The topological polar surface area (TPSA) is 95.7 Å². The van der Waals surface area contributed by atoms with Crippen LogP contribution in [-0.2, 0) is 0 Å². The molecule has 0 aliphatic carbocycles. The predicted molar refractivity (Wildman–Crippen MR) is 580 cm³/mol. The van der Waals surface area contributed by atoms with E-state index >= 15 is 0 Å². The number of rotatable bonds is 8. The maximum atomic E-state index is 12.6. The molecule has 642 valence electrons. The molecule has 14 heteroatoms. The molecule has 0 spiro atoms. The molecule has 0 amide bonds. The lowest BCUT2D eigenvalue weighted by atomic mass is 10.0. The molecule has 0 aliphatic heterocycles. The first-order valence-corrected chi connectivity index (χ1v) is 46.3. The summed E-state index contributed by atoms with van der Waals surface area (Å²) in [4.78, 5) is 9.12. The van der Waals surface area contributed by atoms with Gasteiger partial charge in [0.25, 0.3) is 0 Å². The van der Waals surface area contributed by atoms with Crippen LogP contribution in [-0.4, -0.2) is 36.5 Å². The number of thiophene rings is 2. The van der Waals surface area contributed by atoms with E-state index in [0.29, 0.717) is 66.2 Å². The number of para-hydroxylation sites is 13. The van der Waals surface area contributed by atoms with E-state index in [0.717, 1.165) is 87.3 Å². The van der Waals surface area contributed by atoms with Gasteiger partial charge in [0.15, 0.2) is 0 Å². The first kappa shape index (κ1) is 59.0. The van der Waals surface area contributed by atoms with Crippen molar-refractivity contribution in [2.45, 2.75) is 6.85 Å². The second-order valence-corrected chi connectivity index (χ2v) is 36.3. The van der Waals surface area contributed by atoms with Gasteiger partial charge in [-0.15, -0.1) is 22.7 Å². The Balaban J connectivity index is 0.000000148. The lowest BCUT2D eigenvalue weighted by molar-refractivity contribution is 1.03. The maximum Gasteiger partial charge on any atom is 0.237 e. The molecule has 0 unspecified atom stereocenters. The SMILES string of the molecule is [2H]c1c([2H])c([2H])c2c(sc3c2c([2H])c([2H])c2c4c([2H])c(C([2H])([2H])[2H])c([2H])c([2H])c4n(-c4c(-n5c6ccccc6c6ccccc65)c(C#N)c(-n5c6ccccc6c6ccccc65)c([N+]#[C-])c4-n4c5ccccc5c5ccccc54)c32)c1[2H].[2H]c1c([2H])c([2H])c2c(sc3c2c([2H])c([2H])c2c4c([2H])c([2H])c([2H])c([2H])c4n(-c4c(-n5c6ccccc6c6ccccc65)c(C#N)c(-n5c6ccccc6c6ccccc65)c([N+]#[C-])c4-n4c5ccccc5c5ccccc54)c32)c1[2H]. The van der Waals surface area contributed by atoms with Gasteiger partial charge in [-0.1, -0.05) is 309 Å². The summed E-state index contributed by atoms with van der Waals surface area (Å²) in [7, 11) is 0. The number of hydrogen-bond acceptors (Lipinski definition) is 4. The fourth-order valence-corrected chi connectivity index (χ4v) is 24.4. The zero-order chi connectivity index (χ0) is 111. The molecule has 20 aromatic carbocycles. The average Bonchev–Trinajstić information content (AvgIpc) is 1.51. The van der Waals surface area contributed by atoms with Crippen LogP contribution < -0.4 is 0 Å². The Morgan fingerprint density at radius 1 is 0.237 bits per heavy atom. The van der Waals surface area contributed by atoms with Crippen molar-refractivity contribution in [2.75, 3.05) is 0 Å². The number of benzene rings is 20. The number of hydrogen-bond donors (Lipinski definition) is 0. The smallest absolute Gasteiger partial charge is 0.237 e. The van der Waals surface area contributed by atoms with Crippen LogP contribution in [0.5, 0.6) is 0 Å². The van der Waals surface area contributed by atoms with E-state index in [2.05, 4.69) is 21.8 Å². The van der Waals surface area contributed by atoms with Crippen LogP contribution in [0.2, 0.25) is 0 Å². The molecule has 30 aromatic rings. The van der Waals surface area contributed by atoms with Gasteiger partial charge in [0.2, 0.25) is 11.4 Å². The predicted octanol–water partition coefficient (Wildman–Crippen LogP) is 34.0. The molecule has 10 aromatic heterocycles. The summed E-state index contributed by atoms with van der Waals surface area (Å²) < 4.78 is 222. The monoisotopic (exact) mass is 1820 g/mol. The van der Waals surface area contributed by atoms with Crippen molar-refractivity contribution < 1.29 is 30.2 Å². The van der Waals surface area contributed by atoms with Crippen LogP contribution in [0, 0.1) is 42.7 Å². The Labute approximate surface area is 831 Å². The summed E-state index contributed by atoms with van der Waals surface area (Å²) in [6.45, 7) is 16.3. The Bertz CT molecular complexity index is 11700. The molecule has 0 saturated carbocycles. The van der Waals surface area contributed by atoms with Crippen LogP contribution >= 0.6 is 22.7 Å². The van der Waals surface area contributed by atoms with Crippen molar-refractivity contribution in [1.29, 1.82) is 10.5 Å². The van der Waals surface area contributed by atoms with Crippen molar-refractivity contribution in [3.05, 3.63) is 446 Å². The van der Waals surface area contributed by atoms with Gasteiger partial charge in [0.1, 0.15) is 12.1 Å². The first-order chi connectivity index (χ1) is 78.0. The average molecular weight is 1830 g/mol. The minimum absolute atomic E-state index is 0.000272. The molecule has 0 bridgehead atoms. The van der Waals surface area contributed by atoms with E-state index in [1.807, 2.05) is 319 Å². The Hall–Kier alpha value is -18.8. The maximum absolute atomic E-state index is 12.6. The molecule has 0 saturated heterocycles. The third kappa shape index (κ3) is 10.6. The molecule has 0 radical (unpaired) electrons. The molecular formula is C125H70N12S2. The molecule has 0 fully saturated rings. The van der Waals surface area contributed by atoms with Crippen LogP contribution in [0.15, 0.2) is 406 Å². The highest BCUT2D eigenvalue weighted by Crippen LogP contribution is 2.57. The first-order valence-electron chi connectivity index (χ1n) is 55.7. The van der Waals surface area contributed by atoms with Gasteiger partial charge in [-0.3, -0.25) is 0 Å². The third-order valence-corrected chi connectivity index (χ3v) is 29.7. The molecule has 30 rings (SSSR count). The Morgan fingerprint density at radius 3 is 0.784 bits per heavy atom. The molecule has 139 heavy (non-hydrogen) atoms. The van der Waals surface area contributed by atoms with Crippen molar-refractivity contribution in [3.63, 3.8) is 0 Å². The Morgan fingerprint density at radius 2 is 0.489 bits per heavy atom. The van der Waals surface area contributed by atoms with E-state index in [-0.39, 0.29) is 158 Å². The summed E-state index contributed by atoms with van der Waals surface area (Å²) in [6.07, 6.45) is 0. The van der Waals surface area contributed by atoms with Gasteiger partial charge in [-0.05, 0) is 110 Å². The summed E-state index contributed by atoms with van der Waals surface area (Å²) in [5.74, 6) is 0. The molecule has 0 N–H and O–H groups in total. The summed E-state index contributed by atoms with van der Waals surface area (Å²) in [5.41, 5.74) is 8.05. The zero-order valence-electron chi connectivity index (χ0n) is 94.4. The number of nitriles is 2. The highest BCUT2D eigenvalue weighted by atomic mass is 32.1. The van der Waals surface area contributed by atoms with Gasteiger partial charge in [0.05, 0.1) is 193 Å². The fourth-order valence-electron chi connectivity index (χ4n) is 22.2. The molecule has 0 aliphatic rings. The second kappa shape index (κ2) is 29.6. The van der Waals surface area contributed by atoms with Gasteiger partial charge >= 0.3 is 0 Å². The normalized spacial score (nSPS) is 14.4. The highest BCUT2D eigenvalue weighted by molar-refractivity contribution is 7.27. The number of fused-ring (bicyclic) bond motifs is 32. The zero-order valence-corrected chi connectivity index (χ0v) is 74.0. The van der Waals surface area contributed by atoms with Gasteiger partial charge in [0, 0.05) is 121 Å². The van der Waals surface area contributed by atoms with Crippen molar-refractivity contribution in [3.8, 4) is 57.6 Å². The third-order valence-electron chi connectivity index (χ3n) is 27.5. The van der Waals surface area contributed by atoms with Crippen molar-refractivity contribution in [1.82, 2.24) is 36.5 Å².